The highest BCUT2D eigenvalue weighted by molar-refractivity contribution is 6.32. The van der Waals surface area contributed by atoms with Crippen LogP contribution < -0.4 is 10.1 Å². The zero-order valence-electron chi connectivity index (χ0n) is 12.1. The molecule has 0 saturated heterocycles. The smallest absolute Gasteiger partial charge is 0.253 e. The molecule has 0 aliphatic heterocycles. The summed E-state index contributed by atoms with van der Waals surface area (Å²) in [6.45, 7) is 3.98. The fourth-order valence-electron chi connectivity index (χ4n) is 1.82. The molecule has 22 heavy (non-hydrogen) atoms. The van der Waals surface area contributed by atoms with Crippen molar-refractivity contribution in [1.82, 2.24) is 15.3 Å². The molecule has 2 aromatic rings. The second-order valence-electron chi connectivity index (χ2n) is 4.58. The highest BCUT2D eigenvalue weighted by atomic mass is 35.5. The average Bonchev–Trinajstić information content (AvgIpc) is 2.49. The van der Waals surface area contributed by atoms with Gasteiger partial charge in [0.1, 0.15) is 10.8 Å². The van der Waals surface area contributed by atoms with E-state index < -0.39 is 11.9 Å². The van der Waals surface area contributed by atoms with Crippen molar-refractivity contribution in [3.05, 3.63) is 52.7 Å². The Morgan fingerprint density at radius 1 is 1.41 bits per heavy atom. The van der Waals surface area contributed by atoms with Gasteiger partial charge in [-0.1, -0.05) is 11.6 Å². The van der Waals surface area contributed by atoms with Crippen LogP contribution in [0.2, 0.25) is 5.02 Å². The van der Waals surface area contributed by atoms with Crippen molar-refractivity contribution < 1.29 is 13.9 Å². The van der Waals surface area contributed by atoms with Crippen molar-refractivity contribution in [2.45, 2.75) is 19.9 Å². The number of rotatable bonds is 5. The van der Waals surface area contributed by atoms with Crippen molar-refractivity contribution in [2.75, 3.05) is 6.61 Å². The number of nitrogens with zero attached hydrogens (tertiary/aromatic N) is 2. The van der Waals surface area contributed by atoms with Gasteiger partial charge in [-0.2, -0.15) is 0 Å². The predicted octanol–water partition coefficient (Wildman–Crippen LogP) is 3.16. The maximum absolute atomic E-state index is 13.1. The Kier molecular flexibility index (Phi) is 5.27. The van der Waals surface area contributed by atoms with Crippen LogP contribution in [0.25, 0.3) is 0 Å². The Morgan fingerprint density at radius 3 is 2.82 bits per heavy atom. The molecule has 2 heterocycles. The van der Waals surface area contributed by atoms with E-state index in [2.05, 4.69) is 15.3 Å². The van der Waals surface area contributed by atoms with Gasteiger partial charge in [-0.25, -0.2) is 9.37 Å². The van der Waals surface area contributed by atoms with Gasteiger partial charge in [-0.05, 0) is 31.5 Å². The second kappa shape index (κ2) is 7.17. The lowest BCUT2D eigenvalue weighted by Crippen LogP contribution is -2.27. The fourth-order valence-corrected chi connectivity index (χ4v) is 2.04. The molecular formula is C15H15ClFN3O2. The molecule has 0 radical (unpaired) electrons. The third kappa shape index (κ3) is 3.92. The Hall–Kier alpha value is -2.21. The van der Waals surface area contributed by atoms with Crippen LogP contribution in [0.15, 0.2) is 30.7 Å². The maximum atomic E-state index is 13.1. The van der Waals surface area contributed by atoms with Crippen LogP contribution >= 0.6 is 11.6 Å². The van der Waals surface area contributed by atoms with E-state index in [4.69, 9.17) is 16.3 Å². The number of carbonyl (C=O) groups excluding carboxylic acids is 1. The third-order valence-electron chi connectivity index (χ3n) is 2.92. The quantitative estimate of drug-likeness (QED) is 0.918. The summed E-state index contributed by atoms with van der Waals surface area (Å²) < 4.78 is 18.4. The molecule has 1 atom stereocenters. The summed E-state index contributed by atoms with van der Waals surface area (Å²) in [6.07, 6.45) is 3.98. The Morgan fingerprint density at radius 2 is 2.18 bits per heavy atom. The van der Waals surface area contributed by atoms with Crippen molar-refractivity contribution in [2.24, 2.45) is 0 Å². The molecule has 0 aliphatic rings. The molecule has 1 amide bonds. The van der Waals surface area contributed by atoms with Gasteiger partial charge in [0.2, 0.25) is 5.88 Å². The molecule has 0 fully saturated rings. The summed E-state index contributed by atoms with van der Waals surface area (Å²) in [6, 6.07) is 2.40. The first-order chi connectivity index (χ1) is 10.5. The fraction of sp³-hybridized carbons (Fsp3) is 0.267. The SMILES string of the molecule is CCOc1ncc(C(=O)N[C@@H](C)c2cncc(F)c2)cc1Cl. The van der Waals surface area contributed by atoms with Crippen LogP contribution in [0, 0.1) is 5.82 Å². The van der Waals surface area contributed by atoms with Gasteiger partial charge in [-0.3, -0.25) is 9.78 Å². The van der Waals surface area contributed by atoms with E-state index in [1.165, 1.54) is 24.5 Å². The second-order valence-corrected chi connectivity index (χ2v) is 4.98. The van der Waals surface area contributed by atoms with Crippen molar-refractivity contribution in [3.8, 4) is 5.88 Å². The molecule has 0 bridgehead atoms. The molecule has 0 unspecified atom stereocenters. The first-order valence-electron chi connectivity index (χ1n) is 6.71. The lowest BCUT2D eigenvalue weighted by Gasteiger charge is -2.14. The van der Waals surface area contributed by atoms with E-state index in [0.29, 0.717) is 17.7 Å². The monoisotopic (exact) mass is 323 g/mol. The van der Waals surface area contributed by atoms with Crippen LogP contribution in [0.5, 0.6) is 5.88 Å². The average molecular weight is 324 g/mol. The summed E-state index contributed by atoms with van der Waals surface area (Å²) in [7, 11) is 0. The standard InChI is InChI=1S/C15H15ClFN3O2/c1-3-22-15-13(16)5-11(7-19-15)14(21)20-9(2)10-4-12(17)8-18-6-10/h4-9H,3H2,1-2H3,(H,20,21)/t9-/m0/s1. The maximum Gasteiger partial charge on any atom is 0.253 e. The van der Waals surface area contributed by atoms with Crippen molar-refractivity contribution in [1.29, 1.82) is 0 Å². The van der Waals surface area contributed by atoms with E-state index in [9.17, 15) is 9.18 Å². The molecule has 0 aromatic carbocycles. The molecule has 0 saturated carbocycles. The first-order valence-corrected chi connectivity index (χ1v) is 7.08. The van der Waals surface area contributed by atoms with Gasteiger partial charge in [0.05, 0.1) is 24.4 Å². The van der Waals surface area contributed by atoms with Gasteiger partial charge in [0.25, 0.3) is 5.91 Å². The zero-order chi connectivity index (χ0) is 16.1. The van der Waals surface area contributed by atoms with Gasteiger partial charge < -0.3 is 10.1 Å². The molecule has 2 aromatic heterocycles. The number of carbonyl (C=O) groups is 1. The Bertz CT molecular complexity index is 682. The zero-order valence-corrected chi connectivity index (χ0v) is 12.9. The van der Waals surface area contributed by atoms with Crippen molar-refractivity contribution in [3.63, 3.8) is 0 Å². The number of amides is 1. The van der Waals surface area contributed by atoms with Crippen molar-refractivity contribution >= 4 is 17.5 Å². The van der Waals surface area contributed by atoms with E-state index >= 15 is 0 Å². The van der Waals surface area contributed by atoms with Gasteiger partial charge >= 0.3 is 0 Å². The molecule has 0 aliphatic carbocycles. The summed E-state index contributed by atoms with van der Waals surface area (Å²) >= 11 is 6.00. The molecule has 7 heteroatoms. The predicted molar refractivity (Wildman–Crippen MR) is 80.5 cm³/mol. The number of hydrogen-bond acceptors (Lipinski definition) is 4. The van der Waals surface area contributed by atoms with Crippen LogP contribution in [-0.4, -0.2) is 22.5 Å². The minimum absolute atomic E-state index is 0.259. The molecular weight excluding hydrogens is 309 g/mol. The number of nitrogens with one attached hydrogen (secondary N) is 1. The molecule has 116 valence electrons. The number of hydrogen-bond donors (Lipinski definition) is 1. The minimum Gasteiger partial charge on any atom is -0.477 e. The summed E-state index contributed by atoms with van der Waals surface area (Å²) in [5.74, 6) is -0.540. The van der Waals surface area contributed by atoms with Crippen LogP contribution in [0.1, 0.15) is 35.8 Å². The summed E-state index contributed by atoms with van der Waals surface area (Å²) in [5, 5.41) is 2.99. The van der Waals surface area contributed by atoms with Crippen LogP contribution in [0.4, 0.5) is 4.39 Å². The first kappa shape index (κ1) is 16.2. The van der Waals surface area contributed by atoms with Gasteiger partial charge in [0, 0.05) is 12.4 Å². The normalized spacial score (nSPS) is 11.8. The number of pyridine rings is 2. The lowest BCUT2D eigenvalue weighted by atomic mass is 10.1. The summed E-state index contributed by atoms with van der Waals surface area (Å²) in [4.78, 5) is 19.9. The van der Waals surface area contributed by atoms with Gasteiger partial charge in [-0.15, -0.1) is 0 Å². The summed E-state index contributed by atoms with van der Waals surface area (Å²) in [5.41, 5.74) is 0.864. The Balaban J connectivity index is 2.10. The molecule has 0 spiro atoms. The molecule has 5 nitrogen and oxygen atoms in total. The third-order valence-corrected chi connectivity index (χ3v) is 3.20. The van der Waals surface area contributed by atoms with E-state index in [1.54, 1.807) is 6.92 Å². The molecule has 2 rings (SSSR count). The van der Waals surface area contributed by atoms with Gasteiger partial charge in [0.15, 0.2) is 0 Å². The number of aromatic nitrogens is 2. The van der Waals surface area contributed by atoms with E-state index in [0.717, 1.165) is 6.20 Å². The highest BCUT2D eigenvalue weighted by Gasteiger charge is 2.14. The van der Waals surface area contributed by atoms with E-state index in [-0.39, 0.29) is 16.8 Å². The minimum atomic E-state index is -0.454. The largest absolute Gasteiger partial charge is 0.477 e. The molecule has 1 N–H and O–H groups in total. The highest BCUT2D eigenvalue weighted by Crippen LogP contribution is 2.22. The number of ether oxygens (including phenoxy) is 1. The van der Waals surface area contributed by atoms with Crippen LogP contribution in [0.3, 0.4) is 0 Å². The number of halogens is 2. The lowest BCUT2D eigenvalue weighted by molar-refractivity contribution is 0.0939. The van der Waals surface area contributed by atoms with E-state index in [1.807, 2.05) is 6.92 Å². The van der Waals surface area contributed by atoms with Crippen LogP contribution in [-0.2, 0) is 0 Å². The Labute approximate surface area is 132 Å². The topological polar surface area (TPSA) is 64.1 Å².